The van der Waals surface area contributed by atoms with Crippen molar-refractivity contribution in [2.45, 2.75) is 13.8 Å². The molecule has 0 amide bonds. The first kappa shape index (κ1) is 20.8. The molecule has 0 saturated heterocycles. The number of hydrogen-bond donors (Lipinski definition) is 0. The van der Waals surface area contributed by atoms with Crippen molar-refractivity contribution >= 4 is 28.4 Å². The zero-order chi connectivity index (χ0) is 22.6. The van der Waals surface area contributed by atoms with E-state index in [-0.39, 0.29) is 0 Å². The van der Waals surface area contributed by atoms with Gasteiger partial charge in [0.15, 0.2) is 5.75 Å². The van der Waals surface area contributed by atoms with Gasteiger partial charge < -0.3 is 14.4 Å². The van der Waals surface area contributed by atoms with Gasteiger partial charge in [-0.2, -0.15) is 0 Å². The van der Waals surface area contributed by atoms with E-state index in [1.54, 1.807) is 6.21 Å². The second-order valence-corrected chi connectivity index (χ2v) is 8.10. The Balaban J connectivity index is 1.38. The topological polar surface area (TPSA) is 34.1 Å². The zero-order valence-electron chi connectivity index (χ0n) is 18.9. The minimum atomic E-state index is 0.525. The van der Waals surface area contributed by atoms with Crippen molar-refractivity contribution in [1.82, 2.24) is 0 Å². The second-order valence-electron chi connectivity index (χ2n) is 8.10. The molecule has 5 rings (SSSR count). The van der Waals surface area contributed by atoms with Crippen LogP contribution in [0.2, 0.25) is 0 Å². The van der Waals surface area contributed by atoms with Crippen molar-refractivity contribution in [2.24, 2.45) is 4.99 Å². The van der Waals surface area contributed by atoms with Gasteiger partial charge in [-0.25, -0.2) is 0 Å². The van der Waals surface area contributed by atoms with Gasteiger partial charge in [0.05, 0.1) is 17.9 Å². The number of benzene rings is 4. The Bertz CT molecular complexity index is 1340. The molecule has 1 aliphatic rings. The molecule has 4 aromatic carbocycles. The van der Waals surface area contributed by atoms with Crippen LogP contribution in [0.25, 0.3) is 10.8 Å². The van der Waals surface area contributed by atoms with E-state index in [0.717, 1.165) is 34.1 Å². The van der Waals surface area contributed by atoms with Crippen molar-refractivity contribution in [1.29, 1.82) is 0 Å². The fraction of sp³-hybridized carbons (Fsp3) is 0.138. The van der Waals surface area contributed by atoms with Crippen LogP contribution < -0.4 is 14.4 Å². The average Bonchev–Trinajstić information content (AvgIpc) is 3.16. The molecule has 0 aromatic heterocycles. The van der Waals surface area contributed by atoms with Crippen LogP contribution in [0.5, 0.6) is 11.5 Å². The van der Waals surface area contributed by atoms with E-state index in [2.05, 4.69) is 54.1 Å². The predicted molar refractivity (Wildman–Crippen MR) is 136 cm³/mol. The van der Waals surface area contributed by atoms with E-state index in [4.69, 9.17) is 9.47 Å². The van der Waals surface area contributed by atoms with Gasteiger partial charge in [0.25, 0.3) is 0 Å². The first-order valence-corrected chi connectivity index (χ1v) is 11.2. The minimum absolute atomic E-state index is 0.525. The molecule has 0 radical (unpaired) electrons. The van der Waals surface area contributed by atoms with Gasteiger partial charge in [-0.1, -0.05) is 54.6 Å². The lowest BCUT2D eigenvalue weighted by atomic mass is 10.1. The Morgan fingerprint density at radius 3 is 2.52 bits per heavy atom. The summed E-state index contributed by atoms with van der Waals surface area (Å²) in [5, 5.41) is 2.30. The van der Waals surface area contributed by atoms with E-state index < -0.39 is 0 Å². The predicted octanol–water partition coefficient (Wildman–Crippen LogP) is 6.98. The highest BCUT2D eigenvalue weighted by Gasteiger charge is 2.26. The number of hydrogen-bond acceptors (Lipinski definition) is 4. The number of rotatable bonds is 6. The molecule has 0 N–H and O–H groups in total. The monoisotopic (exact) mass is 434 g/mol. The van der Waals surface area contributed by atoms with E-state index in [1.165, 1.54) is 16.5 Å². The van der Waals surface area contributed by atoms with Crippen LogP contribution in [0.3, 0.4) is 0 Å². The Hall–Kier alpha value is -4.05. The van der Waals surface area contributed by atoms with Gasteiger partial charge >= 0.3 is 0 Å². The fourth-order valence-electron chi connectivity index (χ4n) is 3.98. The molecule has 0 bridgehead atoms. The molecule has 164 valence electrons. The van der Waals surface area contributed by atoms with Gasteiger partial charge in [0.1, 0.15) is 12.4 Å². The summed E-state index contributed by atoms with van der Waals surface area (Å²) in [6, 6.07) is 28.6. The van der Waals surface area contributed by atoms with Crippen LogP contribution in [0.4, 0.5) is 11.4 Å². The number of aliphatic imine (C=N–C) groups is 1. The minimum Gasteiger partial charge on any atom is -0.491 e. The van der Waals surface area contributed by atoms with Crippen molar-refractivity contribution in [3.8, 4) is 11.5 Å². The number of aryl methyl sites for hydroxylation is 2. The van der Waals surface area contributed by atoms with Crippen LogP contribution in [0.15, 0.2) is 102 Å². The summed E-state index contributed by atoms with van der Waals surface area (Å²) in [6.07, 6.45) is 3.70. The van der Waals surface area contributed by atoms with E-state index in [0.29, 0.717) is 13.2 Å². The maximum atomic E-state index is 6.21. The lowest BCUT2D eigenvalue weighted by Gasteiger charge is -2.19. The van der Waals surface area contributed by atoms with Gasteiger partial charge in [-0.15, -0.1) is 0 Å². The molecule has 0 spiro atoms. The number of fused-ring (bicyclic) bond motifs is 2. The molecule has 0 atom stereocenters. The average molecular weight is 435 g/mol. The molecule has 33 heavy (non-hydrogen) atoms. The summed E-state index contributed by atoms with van der Waals surface area (Å²) in [7, 11) is 0. The molecule has 0 aliphatic carbocycles. The number of nitrogens with zero attached hydrogens (tertiary/aromatic N) is 2. The van der Waals surface area contributed by atoms with E-state index in [1.807, 2.05) is 60.7 Å². The second kappa shape index (κ2) is 9.21. The van der Waals surface area contributed by atoms with Crippen LogP contribution in [0, 0.1) is 13.8 Å². The molecule has 0 unspecified atom stereocenters. The molecular weight excluding hydrogens is 408 g/mol. The summed E-state index contributed by atoms with van der Waals surface area (Å²) in [4.78, 5) is 6.68. The van der Waals surface area contributed by atoms with Crippen molar-refractivity contribution in [3.63, 3.8) is 0 Å². The highest BCUT2D eigenvalue weighted by Crippen LogP contribution is 2.40. The van der Waals surface area contributed by atoms with Gasteiger partial charge in [0, 0.05) is 17.7 Å². The third-order valence-corrected chi connectivity index (χ3v) is 5.87. The number of ether oxygens (including phenoxy) is 2. The quantitative estimate of drug-likeness (QED) is 0.307. The molecule has 4 heteroatoms. The summed E-state index contributed by atoms with van der Waals surface area (Å²) in [5.41, 5.74) is 4.40. The zero-order valence-corrected chi connectivity index (χ0v) is 18.9. The normalized spacial score (nSPS) is 14.1. The summed E-state index contributed by atoms with van der Waals surface area (Å²) in [6.45, 7) is 5.41. The van der Waals surface area contributed by atoms with Gasteiger partial charge in [0.2, 0.25) is 5.88 Å². The number of para-hydroxylation sites is 1. The molecular formula is C29H26N2O2. The van der Waals surface area contributed by atoms with Crippen LogP contribution in [-0.4, -0.2) is 19.4 Å². The first-order valence-electron chi connectivity index (χ1n) is 11.2. The van der Waals surface area contributed by atoms with Crippen LogP contribution in [-0.2, 0) is 0 Å². The molecule has 4 nitrogen and oxygen atoms in total. The number of allylic oxidation sites excluding steroid dienone is 1. The van der Waals surface area contributed by atoms with Crippen molar-refractivity contribution < 1.29 is 9.47 Å². The van der Waals surface area contributed by atoms with Gasteiger partial charge in [-0.3, -0.25) is 4.99 Å². The summed E-state index contributed by atoms with van der Waals surface area (Å²) >= 11 is 0. The fourth-order valence-corrected chi connectivity index (χ4v) is 3.98. The van der Waals surface area contributed by atoms with Crippen LogP contribution >= 0.6 is 0 Å². The highest BCUT2D eigenvalue weighted by atomic mass is 16.5. The van der Waals surface area contributed by atoms with Crippen molar-refractivity contribution in [3.05, 3.63) is 108 Å². The summed E-state index contributed by atoms with van der Waals surface area (Å²) in [5.74, 6) is 2.50. The Morgan fingerprint density at radius 2 is 1.64 bits per heavy atom. The largest absolute Gasteiger partial charge is 0.491 e. The summed E-state index contributed by atoms with van der Waals surface area (Å²) < 4.78 is 12.4. The number of anilines is 1. The first-order chi connectivity index (χ1) is 16.2. The Kier molecular flexibility index (Phi) is 5.81. The maximum absolute atomic E-state index is 6.21. The van der Waals surface area contributed by atoms with Crippen LogP contribution in [0.1, 0.15) is 11.1 Å². The molecule has 1 heterocycles. The third kappa shape index (κ3) is 4.46. The SMILES string of the molecule is Cc1cc2c(cc1C)N(CCOc1cccc3ccccc13)/C(=C/C=Nc1ccccc1)O2. The Labute approximate surface area is 194 Å². The smallest absolute Gasteiger partial charge is 0.202 e. The molecule has 1 aliphatic heterocycles. The highest BCUT2D eigenvalue weighted by molar-refractivity contribution is 5.88. The lowest BCUT2D eigenvalue weighted by molar-refractivity contribution is 0.325. The standard InChI is InChI=1S/C29H26N2O2/c1-21-19-26-28(20-22(21)2)33-29(15-16-30-24-11-4-3-5-12-24)31(26)17-18-32-27-14-8-10-23-9-6-7-13-25(23)27/h3-16,19-20H,17-18H2,1-2H3/b29-15-,30-16?. The van der Waals surface area contributed by atoms with E-state index >= 15 is 0 Å². The molecule has 0 fully saturated rings. The van der Waals surface area contributed by atoms with Gasteiger partial charge in [-0.05, 0) is 60.7 Å². The molecule has 4 aromatic rings. The lowest BCUT2D eigenvalue weighted by Crippen LogP contribution is -2.26. The Morgan fingerprint density at radius 1 is 0.879 bits per heavy atom. The maximum Gasteiger partial charge on any atom is 0.202 e. The molecule has 0 saturated carbocycles. The van der Waals surface area contributed by atoms with Crippen molar-refractivity contribution in [2.75, 3.05) is 18.1 Å². The van der Waals surface area contributed by atoms with E-state index in [9.17, 15) is 0 Å². The third-order valence-electron chi connectivity index (χ3n) is 5.87.